The monoisotopic (exact) mass is 418 g/mol. The molecular formula is C20H22N2O6S. The summed E-state index contributed by atoms with van der Waals surface area (Å²) in [6.07, 6.45) is 0.574. The van der Waals surface area contributed by atoms with Crippen molar-refractivity contribution in [2.24, 2.45) is 0 Å². The molecule has 29 heavy (non-hydrogen) atoms. The summed E-state index contributed by atoms with van der Waals surface area (Å²) in [6.45, 7) is 2.95. The number of rotatable bonds is 7. The average Bonchev–Trinajstić information content (AvgIpc) is 2.70. The zero-order chi connectivity index (χ0) is 21.1. The van der Waals surface area contributed by atoms with Gasteiger partial charge < -0.3 is 15.2 Å². The van der Waals surface area contributed by atoms with Crippen LogP contribution in [-0.2, 0) is 23.9 Å². The van der Waals surface area contributed by atoms with Crippen molar-refractivity contribution >= 4 is 35.5 Å². The van der Waals surface area contributed by atoms with Crippen LogP contribution in [0.5, 0.6) is 0 Å². The molecule has 0 radical (unpaired) electrons. The SMILES string of the molecule is CCC(C(=O)NC1C(=O)N2C(C(=O)O)=C(COC(C)=O)CSC12)c1ccccc1. The summed E-state index contributed by atoms with van der Waals surface area (Å²) in [6, 6.07) is 8.53. The van der Waals surface area contributed by atoms with Gasteiger partial charge >= 0.3 is 11.9 Å². The molecule has 3 rings (SSSR count). The van der Waals surface area contributed by atoms with Crippen LogP contribution >= 0.6 is 11.8 Å². The van der Waals surface area contributed by atoms with Crippen LogP contribution < -0.4 is 5.32 Å². The minimum absolute atomic E-state index is 0.166. The van der Waals surface area contributed by atoms with Crippen LogP contribution in [0.4, 0.5) is 0 Å². The van der Waals surface area contributed by atoms with Gasteiger partial charge in [-0.25, -0.2) is 4.79 Å². The molecule has 0 aliphatic carbocycles. The van der Waals surface area contributed by atoms with Crippen LogP contribution in [0.2, 0.25) is 0 Å². The maximum atomic E-state index is 12.8. The van der Waals surface area contributed by atoms with Gasteiger partial charge in [-0.05, 0) is 12.0 Å². The molecule has 2 heterocycles. The highest BCUT2D eigenvalue weighted by molar-refractivity contribution is 8.00. The minimum Gasteiger partial charge on any atom is -0.477 e. The number of hydrogen-bond donors (Lipinski definition) is 2. The number of fused-ring (bicyclic) bond motifs is 1. The molecule has 0 bridgehead atoms. The maximum absolute atomic E-state index is 12.8. The lowest BCUT2D eigenvalue weighted by molar-refractivity contribution is -0.151. The van der Waals surface area contributed by atoms with Crippen molar-refractivity contribution in [3.8, 4) is 0 Å². The fraction of sp³-hybridized carbons (Fsp3) is 0.400. The first kappa shape index (κ1) is 20.9. The van der Waals surface area contributed by atoms with E-state index in [2.05, 4.69) is 5.32 Å². The second kappa shape index (κ2) is 8.69. The molecule has 3 unspecified atom stereocenters. The number of benzene rings is 1. The highest BCUT2D eigenvalue weighted by Gasteiger charge is 2.54. The zero-order valence-electron chi connectivity index (χ0n) is 16.1. The minimum atomic E-state index is -1.26. The van der Waals surface area contributed by atoms with E-state index in [0.717, 1.165) is 5.56 Å². The van der Waals surface area contributed by atoms with Gasteiger partial charge in [0.1, 0.15) is 23.7 Å². The van der Waals surface area contributed by atoms with Gasteiger partial charge in [0, 0.05) is 18.2 Å². The normalized spacial score (nSPS) is 21.7. The fourth-order valence-electron chi connectivity index (χ4n) is 3.49. The molecular weight excluding hydrogens is 396 g/mol. The van der Waals surface area contributed by atoms with Crippen molar-refractivity contribution in [3.63, 3.8) is 0 Å². The first-order valence-electron chi connectivity index (χ1n) is 9.23. The molecule has 2 aliphatic heterocycles. The molecule has 9 heteroatoms. The topological polar surface area (TPSA) is 113 Å². The molecule has 2 aliphatic rings. The van der Waals surface area contributed by atoms with E-state index < -0.39 is 29.3 Å². The molecule has 2 amide bonds. The Morgan fingerprint density at radius 1 is 1.31 bits per heavy atom. The lowest BCUT2D eigenvalue weighted by Crippen LogP contribution is -2.71. The molecule has 1 fully saturated rings. The predicted molar refractivity (Wildman–Crippen MR) is 106 cm³/mol. The number of nitrogens with zero attached hydrogens (tertiary/aromatic N) is 1. The van der Waals surface area contributed by atoms with Gasteiger partial charge in [0.15, 0.2) is 0 Å². The number of carboxylic acid groups (broad SMARTS) is 1. The molecule has 1 aromatic carbocycles. The van der Waals surface area contributed by atoms with E-state index in [9.17, 15) is 24.3 Å². The lowest BCUT2D eigenvalue weighted by atomic mass is 9.94. The third kappa shape index (κ3) is 4.14. The molecule has 1 aromatic rings. The van der Waals surface area contributed by atoms with Gasteiger partial charge in [0.25, 0.3) is 5.91 Å². The summed E-state index contributed by atoms with van der Waals surface area (Å²) in [7, 11) is 0. The number of carbonyl (C=O) groups excluding carboxylic acids is 3. The summed E-state index contributed by atoms with van der Waals surface area (Å²) >= 11 is 1.34. The van der Waals surface area contributed by atoms with Crippen molar-refractivity contribution in [2.45, 2.75) is 37.6 Å². The number of amides is 2. The molecule has 0 spiro atoms. The number of hydrogen-bond acceptors (Lipinski definition) is 6. The van der Waals surface area contributed by atoms with Crippen molar-refractivity contribution in [1.82, 2.24) is 10.2 Å². The van der Waals surface area contributed by atoms with E-state index in [1.165, 1.54) is 23.6 Å². The molecule has 2 N–H and O–H groups in total. The largest absolute Gasteiger partial charge is 0.477 e. The van der Waals surface area contributed by atoms with E-state index in [1.54, 1.807) is 0 Å². The standard InChI is InChI=1S/C20H22N2O6S/c1-3-14(12-7-5-4-6-8-12)17(24)21-15-18(25)22-16(20(26)27)13(9-28-11(2)23)10-29-19(15)22/h4-8,14-15,19H,3,9-10H2,1-2H3,(H,21,24)(H,26,27). The molecule has 1 saturated heterocycles. The average molecular weight is 418 g/mol. The summed E-state index contributed by atoms with van der Waals surface area (Å²) in [5.74, 6) is -2.61. The van der Waals surface area contributed by atoms with Crippen molar-refractivity contribution in [2.75, 3.05) is 12.4 Å². The van der Waals surface area contributed by atoms with E-state index in [4.69, 9.17) is 4.74 Å². The van der Waals surface area contributed by atoms with Gasteiger partial charge in [-0.1, -0.05) is 37.3 Å². The maximum Gasteiger partial charge on any atom is 0.352 e. The van der Waals surface area contributed by atoms with Crippen LogP contribution in [0.1, 0.15) is 31.7 Å². The lowest BCUT2D eigenvalue weighted by Gasteiger charge is -2.49. The van der Waals surface area contributed by atoms with Crippen LogP contribution in [0.25, 0.3) is 0 Å². The number of thioether (sulfide) groups is 1. The molecule has 154 valence electrons. The van der Waals surface area contributed by atoms with Gasteiger partial charge in [0.05, 0.1) is 5.92 Å². The number of aliphatic carboxylic acids is 1. The quantitative estimate of drug-likeness (QED) is 0.509. The number of esters is 1. The Labute approximate surface area is 172 Å². The van der Waals surface area contributed by atoms with Crippen LogP contribution in [0.15, 0.2) is 41.6 Å². The van der Waals surface area contributed by atoms with Gasteiger partial charge in [-0.3, -0.25) is 19.3 Å². The molecule has 3 atom stereocenters. The fourth-order valence-corrected chi connectivity index (χ4v) is 4.82. The van der Waals surface area contributed by atoms with Crippen molar-refractivity contribution in [3.05, 3.63) is 47.2 Å². The van der Waals surface area contributed by atoms with Gasteiger partial charge in [0.2, 0.25) is 5.91 Å². The number of β-lactam (4-membered cyclic amide) rings is 1. The Balaban J connectivity index is 1.74. The Morgan fingerprint density at radius 2 is 2.00 bits per heavy atom. The number of nitrogens with one attached hydrogen (secondary N) is 1. The van der Waals surface area contributed by atoms with E-state index in [1.807, 2.05) is 37.3 Å². The second-order valence-electron chi connectivity index (χ2n) is 6.81. The van der Waals surface area contributed by atoms with E-state index >= 15 is 0 Å². The number of carboxylic acids is 1. The highest BCUT2D eigenvalue weighted by Crippen LogP contribution is 2.40. The Bertz CT molecular complexity index is 869. The first-order chi connectivity index (χ1) is 13.8. The van der Waals surface area contributed by atoms with Gasteiger partial charge in [-0.15, -0.1) is 11.8 Å². The highest BCUT2D eigenvalue weighted by atomic mass is 32.2. The smallest absolute Gasteiger partial charge is 0.352 e. The molecule has 0 aromatic heterocycles. The van der Waals surface area contributed by atoms with Crippen LogP contribution in [-0.4, -0.2) is 57.5 Å². The summed E-state index contributed by atoms with van der Waals surface area (Å²) in [5.41, 5.74) is 1.06. The first-order valence-corrected chi connectivity index (χ1v) is 10.3. The van der Waals surface area contributed by atoms with Crippen LogP contribution in [0, 0.1) is 0 Å². The number of carbonyl (C=O) groups is 4. The molecule has 8 nitrogen and oxygen atoms in total. The summed E-state index contributed by atoms with van der Waals surface area (Å²) < 4.78 is 4.91. The molecule has 0 saturated carbocycles. The summed E-state index contributed by atoms with van der Waals surface area (Å²) in [5, 5.41) is 11.9. The van der Waals surface area contributed by atoms with Crippen LogP contribution in [0.3, 0.4) is 0 Å². The van der Waals surface area contributed by atoms with Gasteiger partial charge in [-0.2, -0.15) is 0 Å². The number of ether oxygens (including phenoxy) is 1. The van der Waals surface area contributed by atoms with Crippen molar-refractivity contribution < 1.29 is 29.0 Å². The van der Waals surface area contributed by atoms with Crippen molar-refractivity contribution in [1.29, 1.82) is 0 Å². The Kier molecular flexibility index (Phi) is 6.26. The third-order valence-corrected chi connectivity index (χ3v) is 6.26. The third-order valence-electron chi connectivity index (χ3n) is 4.92. The van der Waals surface area contributed by atoms with E-state index in [-0.39, 0.29) is 24.1 Å². The second-order valence-corrected chi connectivity index (χ2v) is 7.91. The Morgan fingerprint density at radius 3 is 2.59 bits per heavy atom. The van der Waals surface area contributed by atoms with E-state index in [0.29, 0.717) is 17.7 Å². The Hall–Kier alpha value is -2.81. The predicted octanol–water partition coefficient (Wildman–Crippen LogP) is 1.48. The zero-order valence-corrected chi connectivity index (χ0v) is 16.9. The summed E-state index contributed by atoms with van der Waals surface area (Å²) in [4.78, 5) is 49.4.